The minimum absolute atomic E-state index is 0.0223. The maximum absolute atomic E-state index is 12.0. The van der Waals surface area contributed by atoms with Gasteiger partial charge in [0.1, 0.15) is 18.4 Å². The lowest BCUT2D eigenvalue weighted by Crippen LogP contribution is -2.60. The molecule has 1 atom stereocenters. The molecular formula is C15H17BrN2O3. The van der Waals surface area contributed by atoms with Crippen LogP contribution in [0, 0.1) is 5.92 Å². The number of carbonyl (C=O) groups excluding carboxylic acids is 2. The molecule has 0 bridgehead atoms. The molecule has 1 unspecified atom stereocenters. The summed E-state index contributed by atoms with van der Waals surface area (Å²) < 4.78 is 6.64. The molecule has 2 aliphatic rings. The molecule has 1 aliphatic heterocycles. The Balaban J connectivity index is 1.58. The smallest absolute Gasteiger partial charge is 0.243 e. The van der Waals surface area contributed by atoms with Crippen molar-refractivity contribution in [3.8, 4) is 5.75 Å². The van der Waals surface area contributed by atoms with Gasteiger partial charge < -0.3 is 15.0 Å². The minimum atomic E-state index is -0.306. The van der Waals surface area contributed by atoms with Crippen LogP contribution in [-0.4, -0.2) is 42.5 Å². The van der Waals surface area contributed by atoms with Crippen LogP contribution in [0.3, 0.4) is 0 Å². The number of ether oxygens (including phenoxy) is 1. The Labute approximate surface area is 131 Å². The van der Waals surface area contributed by atoms with E-state index in [0.717, 1.165) is 23.1 Å². The van der Waals surface area contributed by atoms with Crippen molar-refractivity contribution < 1.29 is 14.3 Å². The van der Waals surface area contributed by atoms with Crippen LogP contribution in [0.5, 0.6) is 5.75 Å². The van der Waals surface area contributed by atoms with Gasteiger partial charge in [-0.1, -0.05) is 15.9 Å². The Morgan fingerprint density at radius 3 is 2.62 bits per heavy atom. The number of nitrogens with one attached hydrogen (secondary N) is 1. The molecular weight excluding hydrogens is 336 g/mol. The van der Waals surface area contributed by atoms with Gasteiger partial charge in [0.25, 0.3) is 0 Å². The molecule has 1 aliphatic carbocycles. The van der Waals surface area contributed by atoms with E-state index >= 15 is 0 Å². The number of hydrogen-bond acceptors (Lipinski definition) is 3. The number of hydrogen-bond donors (Lipinski definition) is 1. The molecule has 0 spiro atoms. The van der Waals surface area contributed by atoms with Crippen molar-refractivity contribution in [3.05, 3.63) is 28.7 Å². The number of benzene rings is 1. The molecule has 3 rings (SSSR count). The zero-order valence-electron chi connectivity index (χ0n) is 11.5. The first-order valence-corrected chi connectivity index (χ1v) is 7.90. The van der Waals surface area contributed by atoms with E-state index in [-0.39, 0.29) is 24.4 Å². The lowest BCUT2D eigenvalue weighted by Gasteiger charge is -2.35. The van der Waals surface area contributed by atoms with Crippen molar-refractivity contribution in [2.75, 3.05) is 19.7 Å². The van der Waals surface area contributed by atoms with E-state index in [9.17, 15) is 9.59 Å². The summed E-state index contributed by atoms with van der Waals surface area (Å²) in [5, 5.41) is 2.67. The number of halogens is 1. The number of piperazine rings is 1. The predicted molar refractivity (Wildman–Crippen MR) is 80.9 cm³/mol. The molecule has 21 heavy (non-hydrogen) atoms. The molecule has 5 nitrogen and oxygen atoms in total. The van der Waals surface area contributed by atoms with Gasteiger partial charge in [0, 0.05) is 4.47 Å². The molecule has 1 N–H and O–H groups in total. The standard InChI is InChI=1S/C15H17BrN2O3/c16-11-3-5-12(6-4-11)21-8-7-18-13(19)9-17-15(20)14(18)10-1-2-10/h3-6,10,14H,1-2,7-9H2,(H,17,20). The fourth-order valence-electron chi connectivity index (χ4n) is 2.60. The highest BCUT2D eigenvalue weighted by Gasteiger charge is 2.44. The molecule has 1 heterocycles. The summed E-state index contributed by atoms with van der Waals surface area (Å²) in [7, 11) is 0. The number of rotatable bonds is 5. The van der Waals surface area contributed by atoms with E-state index in [4.69, 9.17) is 4.74 Å². The van der Waals surface area contributed by atoms with E-state index in [0.29, 0.717) is 19.1 Å². The lowest BCUT2D eigenvalue weighted by molar-refractivity contribution is -0.146. The largest absolute Gasteiger partial charge is 0.492 e. The van der Waals surface area contributed by atoms with Crippen LogP contribution in [0.2, 0.25) is 0 Å². The van der Waals surface area contributed by atoms with Gasteiger partial charge in [-0.3, -0.25) is 9.59 Å². The molecule has 6 heteroatoms. The van der Waals surface area contributed by atoms with Gasteiger partial charge >= 0.3 is 0 Å². The lowest BCUT2D eigenvalue weighted by atomic mass is 10.1. The third kappa shape index (κ3) is 3.37. The number of amides is 2. The summed E-state index contributed by atoms with van der Waals surface area (Å²) in [6, 6.07) is 7.24. The van der Waals surface area contributed by atoms with Crippen LogP contribution in [0.4, 0.5) is 0 Å². The third-order valence-corrected chi connectivity index (χ3v) is 4.35. The van der Waals surface area contributed by atoms with Crippen molar-refractivity contribution in [1.29, 1.82) is 0 Å². The highest BCUT2D eigenvalue weighted by molar-refractivity contribution is 9.10. The van der Waals surface area contributed by atoms with Crippen molar-refractivity contribution >= 4 is 27.7 Å². The summed E-state index contributed by atoms with van der Waals surface area (Å²) in [6.45, 7) is 0.938. The second-order valence-corrected chi connectivity index (χ2v) is 6.31. The van der Waals surface area contributed by atoms with Crippen LogP contribution in [0.1, 0.15) is 12.8 Å². The van der Waals surface area contributed by atoms with Crippen molar-refractivity contribution in [3.63, 3.8) is 0 Å². The Kier molecular flexibility index (Phi) is 4.14. The molecule has 1 aromatic carbocycles. The fraction of sp³-hybridized carbons (Fsp3) is 0.467. The zero-order chi connectivity index (χ0) is 14.8. The average molecular weight is 353 g/mol. The van der Waals surface area contributed by atoms with Gasteiger partial charge in [-0.2, -0.15) is 0 Å². The van der Waals surface area contributed by atoms with Crippen LogP contribution >= 0.6 is 15.9 Å². The summed E-state index contributed by atoms with van der Waals surface area (Å²) in [4.78, 5) is 25.6. The molecule has 0 aromatic heterocycles. The maximum atomic E-state index is 12.0. The van der Waals surface area contributed by atoms with Crippen LogP contribution in [0.25, 0.3) is 0 Å². The summed E-state index contributed by atoms with van der Waals surface area (Å²) in [5.74, 6) is 1.03. The summed E-state index contributed by atoms with van der Waals surface area (Å²) >= 11 is 3.37. The van der Waals surface area contributed by atoms with Crippen LogP contribution in [-0.2, 0) is 9.59 Å². The van der Waals surface area contributed by atoms with Crippen LogP contribution < -0.4 is 10.1 Å². The molecule has 1 saturated heterocycles. The predicted octanol–water partition coefficient (Wildman–Crippen LogP) is 1.56. The van der Waals surface area contributed by atoms with Gasteiger partial charge in [0.15, 0.2) is 0 Å². The van der Waals surface area contributed by atoms with E-state index in [1.54, 1.807) is 4.90 Å². The molecule has 0 radical (unpaired) electrons. The quantitative estimate of drug-likeness (QED) is 0.874. The van der Waals surface area contributed by atoms with Crippen molar-refractivity contribution in [2.45, 2.75) is 18.9 Å². The SMILES string of the molecule is O=C1NCC(=O)N(CCOc2ccc(Br)cc2)C1C1CC1. The van der Waals surface area contributed by atoms with Gasteiger partial charge in [-0.15, -0.1) is 0 Å². The Hall–Kier alpha value is -1.56. The third-order valence-electron chi connectivity index (χ3n) is 3.82. The average Bonchev–Trinajstić information content (AvgIpc) is 3.29. The molecule has 112 valence electrons. The van der Waals surface area contributed by atoms with Gasteiger partial charge in [0.2, 0.25) is 11.8 Å². The topological polar surface area (TPSA) is 58.6 Å². The molecule has 2 amide bonds. The first kappa shape index (κ1) is 14.4. The van der Waals surface area contributed by atoms with Gasteiger partial charge in [0.05, 0.1) is 13.1 Å². The van der Waals surface area contributed by atoms with Crippen molar-refractivity contribution in [2.24, 2.45) is 5.92 Å². The second kappa shape index (κ2) is 6.05. The Bertz CT molecular complexity index is 542. The number of carbonyl (C=O) groups is 2. The highest BCUT2D eigenvalue weighted by atomic mass is 79.9. The van der Waals surface area contributed by atoms with E-state index in [1.165, 1.54) is 0 Å². The highest BCUT2D eigenvalue weighted by Crippen LogP contribution is 2.36. The summed E-state index contributed by atoms with van der Waals surface area (Å²) in [5.41, 5.74) is 0. The Morgan fingerprint density at radius 1 is 1.24 bits per heavy atom. The second-order valence-electron chi connectivity index (χ2n) is 5.39. The maximum Gasteiger partial charge on any atom is 0.243 e. The van der Waals surface area contributed by atoms with E-state index in [1.807, 2.05) is 24.3 Å². The van der Waals surface area contributed by atoms with Gasteiger partial charge in [-0.05, 0) is 43.0 Å². The zero-order valence-corrected chi connectivity index (χ0v) is 13.1. The van der Waals surface area contributed by atoms with Gasteiger partial charge in [-0.25, -0.2) is 0 Å². The molecule has 1 saturated carbocycles. The normalized spacial score (nSPS) is 22.1. The van der Waals surface area contributed by atoms with Crippen LogP contribution in [0.15, 0.2) is 28.7 Å². The minimum Gasteiger partial charge on any atom is -0.492 e. The van der Waals surface area contributed by atoms with E-state index < -0.39 is 0 Å². The number of nitrogens with zero attached hydrogens (tertiary/aromatic N) is 1. The molecule has 1 aromatic rings. The summed E-state index contributed by atoms with van der Waals surface area (Å²) in [6.07, 6.45) is 2.05. The fourth-order valence-corrected chi connectivity index (χ4v) is 2.87. The molecule has 2 fully saturated rings. The van der Waals surface area contributed by atoms with Crippen molar-refractivity contribution in [1.82, 2.24) is 10.2 Å². The monoisotopic (exact) mass is 352 g/mol. The first-order valence-electron chi connectivity index (χ1n) is 7.11. The Morgan fingerprint density at radius 2 is 1.95 bits per heavy atom. The first-order chi connectivity index (χ1) is 10.1. The van der Waals surface area contributed by atoms with E-state index in [2.05, 4.69) is 21.2 Å².